The summed E-state index contributed by atoms with van der Waals surface area (Å²) in [4.78, 5) is 24.7. The quantitative estimate of drug-likeness (QED) is 0.240. The summed E-state index contributed by atoms with van der Waals surface area (Å²) in [6.07, 6.45) is 2.08. The molecular weight excluding hydrogens is 448 g/mol. The zero-order valence-electron chi connectivity index (χ0n) is 21.8. The van der Waals surface area contributed by atoms with Gasteiger partial charge in [-0.25, -0.2) is 4.98 Å². The fourth-order valence-corrected chi connectivity index (χ4v) is 4.10. The molecule has 186 valence electrons. The smallest absolute Gasteiger partial charge is 0.270 e. The van der Waals surface area contributed by atoms with Crippen LogP contribution in [0.4, 0.5) is 11.4 Å². The third-order valence-corrected chi connectivity index (χ3v) is 6.28. The minimum atomic E-state index is -0.236. The number of aromatic nitrogens is 2. The number of anilines is 1. The van der Waals surface area contributed by atoms with Crippen LogP contribution in [0.25, 0.3) is 11.0 Å². The second-order valence-corrected chi connectivity index (χ2v) is 11.3. The second kappa shape index (κ2) is 9.26. The van der Waals surface area contributed by atoms with E-state index in [0.717, 1.165) is 16.7 Å². The molecule has 1 heterocycles. The van der Waals surface area contributed by atoms with E-state index in [4.69, 9.17) is 5.73 Å². The monoisotopic (exact) mass is 482 g/mol. The molecule has 36 heavy (non-hydrogen) atoms. The first-order valence-corrected chi connectivity index (χ1v) is 12.1. The highest BCUT2D eigenvalue weighted by molar-refractivity contribution is 5.91. The van der Waals surface area contributed by atoms with E-state index in [1.54, 1.807) is 18.3 Å². The molecular formula is C30H34N4O2. The number of nitrogens with zero attached hydrogens (tertiary/aromatic N) is 2. The second-order valence-electron chi connectivity index (χ2n) is 11.3. The zero-order valence-corrected chi connectivity index (χ0v) is 21.8. The molecule has 0 aliphatic heterocycles. The van der Waals surface area contributed by atoms with Crippen LogP contribution in [0.3, 0.4) is 0 Å². The average molecular weight is 483 g/mol. The molecule has 4 aromatic rings. The molecule has 0 spiro atoms. The van der Waals surface area contributed by atoms with E-state index in [0.29, 0.717) is 40.1 Å². The van der Waals surface area contributed by atoms with Gasteiger partial charge in [-0.3, -0.25) is 9.79 Å². The lowest BCUT2D eigenvalue weighted by molar-refractivity contribution is 0.444. The molecule has 0 unspecified atom stereocenters. The molecule has 0 saturated carbocycles. The van der Waals surface area contributed by atoms with Gasteiger partial charge < -0.3 is 15.8 Å². The van der Waals surface area contributed by atoms with Gasteiger partial charge in [0.1, 0.15) is 11.4 Å². The molecule has 0 radical (unpaired) electrons. The van der Waals surface area contributed by atoms with Crippen molar-refractivity contribution in [2.24, 2.45) is 4.99 Å². The number of phenolic OH excluding ortho intramolecular Hbond substituents is 1. The van der Waals surface area contributed by atoms with Gasteiger partial charge in [0.2, 0.25) is 0 Å². The molecule has 0 aliphatic carbocycles. The van der Waals surface area contributed by atoms with Crippen LogP contribution in [-0.2, 0) is 17.3 Å². The third kappa shape index (κ3) is 5.33. The van der Waals surface area contributed by atoms with E-state index in [2.05, 4.69) is 62.6 Å². The number of nitrogen functional groups attached to an aromatic ring is 1. The Hall–Kier alpha value is -3.93. The maximum atomic E-state index is 12.6. The van der Waals surface area contributed by atoms with Crippen molar-refractivity contribution in [3.05, 3.63) is 92.9 Å². The normalized spacial score (nSPS) is 12.5. The highest BCUT2D eigenvalue weighted by atomic mass is 16.3. The predicted molar refractivity (Wildman–Crippen MR) is 149 cm³/mol. The summed E-state index contributed by atoms with van der Waals surface area (Å²) in [5.41, 5.74) is 11.8. The number of rotatable bonds is 4. The van der Waals surface area contributed by atoms with E-state index in [9.17, 15) is 9.90 Å². The van der Waals surface area contributed by atoms with Crippen LogP contribution in [0.2, 0.25) is 0 Å². The van der Waals surface area contributed by atoms with Gasteiger partial charge in [-0.05, 0) is 40.2 Å². The Morgan fingerprint density at radius 3 is 2.33 bits per heavy atom. The molecule has 6 nitrogen and oxygen atoms in total. The van der Waals surface area contributed by atoms with Crippen LogP contribution < -0.4 is 11.3 Å². The number of benzene rings is 3. The first-order chi connectivity index (χ1) is 16.8. The van der Waals surface area contributed by atoms with Crippen LogP contribution >= 0.6 is 0 Å². The lowest BCUT2D eigenvalue weighted by atomic mass is 9.79. The Kier molecular flexibility index (Phi) is 6.48. The first kappa shape index (κ1) is 25.2. The molecule has 0 aliphatic rings. The molecule has 0 atom stereocenters. The predicted octanol–water partition coefficient (Wildman–Crippen LogP) is 6.15. The maximum absolute atomic E-state index is 12.6. The number of fused-ring (bicyclic) bond motifs is 1. The summed E-state index contributed by atoms with van der Waals surface area (Å²) in [7, 11) is 0. The van der Waals surface area contributed by atoms with E-state index < -0.39 is 0 Å². The first-order valence-electron chi connectivity index (χ1n) is 12.1. The highest BCUT2D eigenvalue weighted by Gasteiger charge is 2.24. The number of aromatic amines is 1. The summed E-state index contributed by atoms with van der Waals surface area (Å²) in [5, 5.41) is 11.1. The minimum Gasteiger partial charge on any atom is -0.507 e. The van der Waals surface area contributed by atoms with E-state index in [1.807, 2.05) is 36.4 Å². The Morgan fingerprint density at radius 1 is 1.00 bits per heavy atom. The summed E-state index contributed by atoms with van der Waals surface area (Å²) in [6.45, 7) is 12.7. The van der Waals surface area contributed by atoms with Gasteiger partial charge >= 0.3 is 0 Å². The summed E-state index contributed by atoms with van der Waals surface area (Å²) in [5.74, 6) is 0.214. The van der Waals surface area contributed by atoms with Crippen molar-refractivity contribution in [3.63, 3.8) is 0 Å². The molecule has 0 saturated heterocycles. The molecule has 1 aromatic heterocycles. The summed E-state index contributed by atoms with van der Waals surface area (Å²) >= 11 is 0. The number of phenols is 1. The van der Waals surface area contributed by atoms with Crippen LogP contribution in [0, 0.1) is 0 Å². The number of nitrogens with one attached hydrogen (secondary N) is 1. The van der Waals surface area contributed by atoms with Crippen LogP contribution in [0.5, 0.6) is 5.75 Å². The van der Waals surface area contributed by atoms with Crippen molar-refractivity contribution in [2.45, 2.75) is 58.8 Å². The number of aromatic hydroxyl groups is 1. The fourth-order valence-electron chi connectivity index (χ4n) is 4.10. The Morgan fingerprint density at radius 2 is 1.69 bits per heavy atom. The Balaban J connectivity index is 1.77. The maximum Gasteiger partial charge on any atom is 0.270 e. The number of hydrogen-bond acceptors (Lipinski definition) is 5. The van der Waals surface area contributed by atoms with Crippen molar-refractivity contribution >= 4 is 28.6 Å². The fraction of sp³-hybridized carbons (Fsp3) is 0.300. The number of hydrogen-bond donors (Lipinski definition) is 3. The van der Waals surface area contributed by atoms with Crippen molar-refractivity contribution < 1.29 is 5.11 Å². The van der Waals surface area contributed by atoms with Gasteiger partial charge in [-0.2, -0.15) is 0 Å². The van der Waals surface area contributed by atoms with Crippen molar-refractivity contribution in [1.82, 2.24) is 9.97 Å². The van der Waals surface area contributed by atoms with Gasteiger partial charge in [-0.1, -0.05) is 77.9 Å². The van der Waals surface area contributed by atoms with E-state index >= 15 is 0 Å². The van der Waals surface area contributed by atoms with Crippen molar-refractivity contribution in [2.75, 3.05) is 5.73 Å². The lowest BCUT2D eigenvalue weighted by Crippen LogP contribution is -2.17. The SMILES string of the molecule is CC(C)(C)c1cc(C=Nc2cc3nc(Cc4ccccc4)c(=O)[nH]c3cc2N)c(O)c(C(C)(C)C)c1. The average Bonchev–Trinajstić information content (AvgIpc) is 2.78. The number of H-pyrrole nitrogens is 1. The Labute approximate surface area is 212 Å². The summed E-state index contributed by atoms with van der Waals surface area (Å²) in [6, 6.07) is 17.2. The molecule has 0 bridgehead atoms. The van der Waals surface area contributed by atoms with Crippen molar-refractivity contribution in [3.8, 4) is 5.75 Å². The topological polar surface area (TPSA) is 104 Å². The summed E-state index contributed by atoms with van der Waals surface area (Å²) < 4.78 is 0. The lowest BCUT2D eigenvalue weighted by Gasteiger charge is -2.27. The molecule has 4 rings (SSSR count). The van der Waals surface area contributed by atoms with Gasteiger partial charge in [0.05, 0.1) is 22.4 Å². The number of aliphatic imine (C=N–C) groups is 1. The van der Waals surface area contributed by atoms with Crippen molar-refractivity contribution in [1.29, 1.82) is 0 Å². The number of nitrogens with two attached hydrogens (primary N) is 1. The molecule has 3 aromatic carbocycles. The van der Waals surface area contributed by atoms with E-state index in [-0.39, 0.29) is 22.1 Å². The van der Waals surface area contributed by atoms with Gasteiger partial charge in [0.25, 0.3) is 5.56 Å². The van der Waals surface area contributed by atoms with Gasteiger partial charge in [0, 0.05) is 23.8 Å². The molecule has 4 N–H and O–H groups in total. The molecule has 6 heteroatoms. The minimum absolute atomic E-state index is 0.0940. The molecule has 0 amide bonds. The van der Waals surface area contributed by atoms with Crippen LogP contribution in [0.15, 0.2) is 64.4 Å². The van der Waals surface area contributed by atoms with E-state index in [1.165, 1.54) is 0 Å². The van der Waals surface area contributed by atoms with Crippen LogP contribution in [0.1, 0.15) is 69.5 Å². The zero-order chi connectivity index (χ0) is 26.3. The van der Waals surface area contributed by atoms with Gasteiger partial charge in [0.15, 0.2) is 0 Å². The molecule has 0 fully saturated rings. The van der Waals surface area contributed by atoms with Gasteiger partial charge in [-0.15, -0.1) is 0 Å². The highest BCUT2D eigenvalue weighted by Crippen LogP contribution is 2.37. The standard InChI is InChI=1S/C30H34N4O2/c1-29(2,3)20-13-19(27(35)21(14-20)30(4,5)6)17-32-23-16-25-24(15-22(23)31)34-28(36)26(33-25)12-18-10-8-7-9-11-18/h7-11,13-17,35H,12,31H2,1-6H3,(H,34,36). The van der Waals surface area contributed by atoms with Crippen LogP contribution in [-0.4, -0.2) is 21.3 Å². The Bertz CT molecular complexity index is 1500. The third-order valence-electron chi connectivity index (χ3n) is 6.28. The largest absolute Gasteiger partial charge is 0.507 e.